The molecule has 0 radical (unpaired) electrons. The van der Waals surface area contributed by atoms with Gasteiger partial charge < -0.3 is 4.74 Å². The molecule has 1 fully saturated rings. The minimum atomic E-state index is -0.923. The molecular weight excluding hydrogens is 424 g/mol. The van der Waals surface area contributed by atoms with E-state index in [0.29, 0.717) is 28.4 Å². The third kappa shape index (κ3) is 3.24. The summed E-state index contributed by atoms with van der Waals surface area (Å²) in [6.07, 6.45) is 1.29. The fourth-order valence-electron chi connectivity index (χ4n) is 4.69. The summed E-state index contributed by atoms with van der Waals surface area (Å²) in [5.74, 6) is 0.303. The number of nitrogens with zero attached hydrogens (tertiary/aromatic N) is 2. The minimum absolute atomic E-state index is 0.376. The van der Waals surface area contributed by atoms with Crippen molar-refractivity contribution >= 4 is 29.2 Å². The Hall–Kier alpha value is -3.31. The normalized spacial score (nSPS) is 21.7. The molecule has 3 aromatic carbocycles. The zero-order chi connectivity index (χ0) is 22.5. The van der Waals surface area contributed by atoms with Crippen molar-refractivity contribution in [1.29, 1.82) is 0 Å². The second kappa shape index (κ2) is 7.68. The van der Waals surface area contributed by atoms with Crippen LogP contribution in [0.25, 0.3) is 0 Å². The molecule has 0 aliphatic carbocycles. The summed E-state index contributed by atoms with van der Waals surface area (Å²) in [6.45, 7) is 3.98. The number of halogens is 1. The summed E-state index contributed by atoms with van der Waals surface area (Å²) >= 11 is 6.14. The molecule has 2 bridgehead atoms. The van der Waals surface area contributed by atoms with Crippen molar-refractivity contribution in [2.75, 3.05) is 4.90 Å². The third-order valence-corrected chi connectivity index (χ3v) is 6.46. The van der Waals surface area contributed by atoms with Crippen LogP contribution in [0.5, 0.6) is 5.75 Å². The Bertz CT molecular complexity index is 1230. The molecule has 6 heteroatoms. The molecule has 0 spiro atoms. The van der Waals surface area contributed by atoms with E-state index in [1.807, 2.05) is 55.5 Å². The van der Waals surface area contributed by atoms with Crippen LogP contribution in [0.1, 0.15) is 47.8 Å². The molecule has 2 aliphatic heterocycles. The van der Waals surface area contributed by atoms with Crippen molar-refractivity contribution < 1.29 is 14.3 Å². The average molecular weight is 447 g/mol. The van der Waals surface area contributed by atoms with Crippen molar-refractivity contribution in [3.63, 3.8) is 0 Å². The number of para-hydroxylation sites is 1. The Morgan fingerprint density at radius 1 is 1.09 bits per heavy atom. The van der Waals surface area contributed by atoms with Gasteiger partial charge in [0.2, 0.25) is 0 Å². The van der Waals surface area contributed by atoms with E-state index in [2.05, 4.69) is 6.92 Å². The van der Waals surface area contributed by atoms with Crippen LogP contribution in [0.2, 0.25) is 5.02 Å². The number of urea groups is 1. The van der Waals surface area contributed by atoms with Crippen LogP contribution in [0, 0.1) is 0 Å². The van der Waals surface area contributed by atoms with Gasteiger partial charge in [-0.05, 0) is 55.3 Å². The van der Waals surface area contributed by atoms with Crippen LogP contribution in [0.3, 0.4) is 0 Å². The van der Waals surface area contributed by atoms with E-state index in [0.717, 1.165) is 17.5 Å². The molecule has 2 atom stereocenters. The molecule has 5 rings (SSSR count). The van der Waals surface area contributed by atoms with Gasteiger partial charge in [-0.15, -0.1) is 0 Å². The second-order valence-corrected chi connectivity index (χ2v) is 8.80. The highest BCUT2D eigenvalue weighted by atomic mass is 35.5. The summed E-state index contributed by atoms with van der Waals surface area (Å²) in [6, 6.07) is 21.3. The molecule has 162 valence electrons. The first-order valence-corrected chi connectivity index (χ1v) is 11.1. The number of hydrogen-bond donors (Lipinski definition) is 0. The summed E-state index contributed by atoms with van der Waals surface area (Å²) in [5.41, 5.74) is 2.09. The van der Waals surface area contributed by atoms with Crippen molar-refractivity contribution in [3.05, 3.63) is 94.5 Å². The molecule has 2 heterocycles. The number of fused-ring (bicyclic) bond motifs is 4. The van der Waals surface area contributed by atoms with Crippen LogP contribution in [-0.4, -0.2) is 22.6 Å². The topological polar surface area (TPSA) is 49.9 Å². The van der Waals surface area contributed by atoms with E-state index >= 15 is 0 Å². The highest BCUT2D eigenvalue weighted by Crippen LogP contribution is 2.49. The highest BCUT2D eigenvalue weighted by molar-refractivity contribution is 6.31. The molecule has 3 amide bonds. The van der Waals surface area contributed by atoms with E-state index in [1.165, 1.54) is 4.90 Å². The van der Waals surface area contributed by atoms with Crippen LogP contribution < -0.4 is 9.64 Å². The summed E-state index contributed by atoms with van der Waals surface area (Å²) < 4.78 is 6.40. The zero-order valence-corrected chi connectivity index (χ0v) is 18.7. The van der Waals surface area contributed by atoms with Crippen LogP contribution in [-0.2, 0) is 6.42 Å². The van der Waals surface area contributed by atoms with Gasteiger partial charge in [0.15, 0.2) is 5.72 Å². The number of carbonyl (C=O) groups is 2. The number of hydrogen-bond acceptors (Lipinski definition) is 3. The largest absolute Gasteiger partial charge is 0.467 e. The summed E-state index contributed by atoms with van der Waals surface area (Å²) in [4.78, 5) is 30.6. The van der Waals surface area contributed by atoms with Gasteiger partial charge in [0, 0.05) is 28.3 Å². The lowest BCUT2D eigenvalue weighted by molar-refractivity contribution is 0.00268. The number of rotatable bonds is 3. The fraction of sp³-hybridized carbons (Fsp3) is 0.231. The first-order chi connectivity index (χ1) is 15.4. The minimum Gasteiger partial charge on any atom is -0.467 e. The van der Waals surface area contributed by atoms with Gasteiger partial charge in [-0.3, -0.25) is 14.6 Å². The zero-order valence-electron chi connectivity index (χ0n) is 17.9. The average Bonchev–Trinajstić information content (AvgIpc) is 2.78. The Labute approximate surface area is 192 Å². The van der Waals surface area contributed by atoms with Crippen LogP contribution >= 0.6 is 11.6 Å². The fourth-order valence-corrected chi connectivity index (χ4v) is 4.88. The predicted molar refractivity (Wildman–Crippen MR) is 124 cm³/mol. The quantitative estimate of drug-likeness (QED) is 0.479. The SMILES string of the molecule is CCc1cccc(N2C(=O)N(C(=O)c3cccc(Cl)c3)[C@H]3C[C@]2(C)Oc2ccccc23)c1. The van der Waals surface area contributed by atoms with Gasteiger partial charge in [-0.1, -0.05) is 54.9 Å². The maximum Gasteiger partial charge on any atom is 0.335 e. The number of anilines is 1. The lowest BCUT2D eigenvalue weighted by atomic mass is 9.88. The monoisotopic (exact) mass is 446 g/mol. The number of ether oxygens (including phenoxy) is 1. The number of amides is 3. The highest BCUT2D eigenvalue weighted by Gasteiger charge is 2.55. The lowest BCUT2D eigenvalue weighted by Gasteiger charge is -2.53. The van der Waals surface area contributed by atoms with E-state index in [4.69, 9.17) is 16.3 Å². The first-order valence-electron chi connectivity index (χ1n) is 10.7. The van der Waals surface area contributed by atoms with E-state index < -0.39 is 17.8 Å². The van der Waals surface area contributed by atoms with Crippen molar-refractivity contribution in [2.45, 2.75) is 38.5 Å². The van der Waals surface area contributed by atoms with Crippen molar-refractivity contribution in [2.24, 2.45) is 0 Å². The number of benzene rings is 3. The third-order valence-electron chi connectivity index (χ3n) is 6.23. The van der Waals surface area contributed by atoms with E-state index in [-0.39, 0.29) is 5.91 Å². The lowest BCUT2D eigenvalue weighted by Crippen LogP contribution is -2.67. The molecule has 0 unspecified atom stereocenters. The molecule has 1 saturated heterocycles. The first kappa shape index (κ1) is 20.6. The Kier molecular flexibility index (Phi) is 4.94. The summed E-state index contributed by atoms with van der Waals surface area (Å²) in [5, 5.41) is 0.449. The van der Waals surface area contributed by atoms with Crippen LogP contribution in [0.15, 0.2) is 72.8 Å². The molecule has 2 aliphatic rings. The Balaban J connectivity index is 1.67. The maximum absolute atomic E-state index is 14.0. The molecule has 0 N–H and O–H groups in total. The number of carbonyl (C=O) groups excluding carboxylic acids is 2. The Morgan fingerprint density at radius 2 is 1.88 bits per heavy atom. The maximum atomic E-state index is 14.0. The molecule has 0 aromatic heterocycles. The number of aryl methyl sites for hydroxylation is 1. The molecular formula is C26H23ClN2O3. The van der Waals surface area contributed by atoms with Gasteiger partial charge in [0.05, 0.1) is 6.04 Å². The van der Waals surface area contributed by atoms with E-state index in [9.17, 15) is 9.59 Å². The van der Waals surface area contributed by atoms with Crippen molar-refractivity contribution in [1.82, 2.24) is 4.90 Å². The smallest absolute Gasteiger partial charge is 0.335 e. The predicted octanol–water partition coefficient (Wildman–Crippen LogP) is 6.22. The van der Waals surface area contributed by atoms with Crippen LogP contribution in [0.4, 0.5) is 10.5 Å². The second-order valence-electron chi connectivity index (χ2n) is 8.36. The molecule has 0 saturated carbocycles. The van der Waals surface area contributed by atoms with Crippen molar-refractivity contribution in [3.8, 4) is 5.75 Å². The standard InChI is InChI=1S/C26H23ClN2O3/c1-3-17-8-6-11-20(14-17)29-25(31)28(24(30)18-9-7-10-19(27)15-18)22-16-26(29,2)32-23-13-5-4-12-21(22)23/h4-15,22H,3,16H2,1-2H3/t22-,26-/m0/s1. The molecule has 3 aromatic rings. The van der Waals surface area contributed by atoms with Gasteiger partial charge in [-0.25, -0.2) is 4.79 Å². The molecule has 32 heavy (non-hydrogen) atoms. The van der Waals surface area contributed by atoms with Gasteiger partial charge in [-0.2, -0.15) is 0 Å². The van der Waals surface area contributed by atoms with Gasteiger partial charge >= 0.3 is 6.03 Å². The summed E-state index contributed by atoms with van der Waals surface area (Å²) in [7, 11) is 0. The Morgan fingerprint density at radius 3 is 2.66 bits per heavy atom. The number of imide groups is 1. The van der Waals surface area contributed by atoms with Gasteiger partial charge in [0.25, 0.3) is 5.91 Å². The van der Waals surface area contributed by atoms with Gasteiger partial charge in [0.1, 0.15) is 5.75 Å². The molecule has 5 nitrogen and oxygen atoms in total. The van der Waals surface area contributed by atoms with E-state index in [1.54, 1.807) is 29.2 Å².